The van der Waals surface area contributed by atoms with E-state index in [1.54, 1.807) is 0 Å². The predicted octanol–water partition coefficient (Wildman–Crippen LogP) is 1.77. The lowest BCUT2D eigenvalue weighted by Gasteiger charge is -2.04. The second kappa shape index (κ2) is 10.9. The zero-order valence-electron chi connectivity index (χ0n) is 8.66. The molecule has 12 heavy (non-hydrogen) atoms. The molecule has 0 aliphatic carbocycles. The molecule has 0 unspecified atom stereocenters. The van der Waals surface area contributed by atoms with E-state index in [0.29, 0.717) is 0 Å². The first-order valence-electron chi connectivity index (χ1n) is 5.33. The van der Waals surface area contributed by atoms with Crippen LogP contribution in [0.5, 0.6) is 0 Å². The number of rotatable bonds is 9. The third kappa shape index (κ3) is 9.92. The minimum absolute atomic E-state index is 1.08. The summed E-state index contributed by atoms with van der Waals surface area (Å²) >= 11 is 0. The van der Waals surface area contributed by atoms with Crippen LogP contribution in [0, 0.1) is 0 Å². The van der Waals surface area contributed by atoms with Crippen molar-refractivity contribution in [2.24, 2.45) is 0 Å². The molecule has 2 N–H and O–H groups in total. The topological polar surface area (TPSA) is 24.1 Å². The van der Waals surface area contributed by atoms with Gasteiger partial charge in [-0.05, 0) is 19.5 Å². The van der Waals surface area contributed by atoms with Crippen LogP contribution in [0.15, 0.2) is 0 Å². The SMILES string of the molecule is CCCCCCNCCNCC. The van der Waals surface area contributed by atoms with Gasteiger partial charge in [0.2, 0.25) is 0 Å². The van der Waals surface area contributed by atoms with E-state index in [1.165, 1.54) is 32.2 Å². The molecule has 0 spiro atoms. The number of likely N-dealkylation sites (N-methyl/N-ethyl adjacent to an activating group) is 1. The van der Waals surface area contributed by atoms with Crippen LogP contribution in [-0.4, -0.2) is 26.2 Å². The molecule has 0 amide bonds. The first-order valence-corrected chi connectivity index (χ1v) is 5.33. The van der Waals surface area contributed by atoms with E-state index in [9.17, 15) is 0 Å². The van der Waals surface area contributed by atoms with Crippen molar-refractivity contribution in [2.75, 3.05) is 26.2 Å². The quantitative estimate of drug-likeness (QED) is 0.518. The standard InChI is InChI=1S/C10H24N2/c1-3-5-6-7-8-12-10-9-11-4-2/h11-12H,3-10H2,1-2H3. The van der Waals surface area contributed by atoms with E-state index >= 15 is 0 Å². The van der Waals surface area contributed by atoms with Crippen molar-refractivity contribution < 1.29 is 0 Å². The summed E-state index contributed by atoms with van der Waals surface area (Å²) in [6.45, 7) is 8.87. The van der Waals surface area contributed by atoms with E-state index in [1.807, 2.05) is 0 Å². The average Bonchev–Trinajstić information content (AvgIpc) is 2.10. The molecule has 0 atom stereocenters. The van der Waals surface area contributed by atoms with Gasteiger partial charge in [-0.2, -0.15) is 0 Å². The van der Waals surface area contributed by atoms with Gasteiger partial charge in [0, 0.05) is 13.1 Å². The van der Waals surface area contributed by atoms with Crippen LogP contribution < -0.4 is 10.6 Å². The molecule has 0 saturated carbocycles. The molecule has 0 aromatic rings. The largest absolute Gasteiger partial charge is 0.316 e. The fourth-order valence-electron chi connectivity index (χ4n) is 1.16. The molecular formula is C10H24N2. The van der Waals surface area contributed by atoms with Gasteiger partial charge in [-0.15, -0.1) is 0 Å². The van der Waals surface area contributed by atoms with Gasteiger partial charge in [0.05, 0.1) is 0 Å². The van der Waals surface area contributed by atoms with Crippen LogP contribution in [-0.2, 0) is 0 Å². The molecule has 0 fully saturated rings. The Bertz CT molecular complexity index is 64.2. The number of nitrogens with one attached hydrogen (secondary N) is 2. The van der Waals surface area contributed by atoms with E-state index in [-0.39, 0.29) is 0 Å². The Labute approximate surface area is 77.1 Å². The van der Waals surface area contributed by atoms with Crippen LogP contribution in [0.1, 0.15) is 39.5 Å². The first-order chi connectivity index (χ1) is 5.91. The Hall–Kier alpha value is -0.0800. The highest BCUT2D eigenvalue weighted by atomic mass is 14.9. The molecule has 0 bridgehead atoms. The van der Waals surface area contributed by atoms with Crippen molar-refractivity contribution in [3.8, 4) is 0 Å². The Balaban J connectivity index is 2.73. The maximum absolute atomic E-state index is 3.42. The Morgan fingerprint density at radius 1 is 0.750 bits per heavy atom. The number of unbranched alkanes of at least 4 members (excludes halogenated alkanes) is 3. The third-order valence-corrected chi connectivity index (χ3v) is 1.94. The molecule has 0 aromatic heterocycles. The highest BCUT2D eigenvalue weighted by Gasteiger charge is 1.87. The van der Waals surface area contributed by atoms with Crippen molar-refractivity contribution in [3.63, 3.8) is 0 Å². The van der Waals surface area contributed by atoms with Gasteiger partial charge >= 0.3 is 0 Å². The van der Waals surface area contributed by atoms with Crippen molar-refractivity contribution in [3.05, 3.63) is 0 Å². The smallest absolute Gasteiger partial charge is 0.00767 e. The van der Waals surface area contributed by atoms with E-state index < -0.39 is 0 Å². The van der Waals surface area contributed by atoms with Crippen LogP contribution in [0.25, 0.3) is 0 Å². The van der Waals surface area contributed by atoms with E-state index in [4.69, 9.17) is 0 Å². The zero-order chi connectivity index (χ0) is 9.07. The second-order valence-corrected chi connectivity index (χ2v) is 3.16. The summed E-state index contributed by atoms with van der Waals surface area (Å²) in [5.41, 5.74) is 0. The van der Waals surface area contributed by atoms with Gasteiger partial charge in [0.1, 0.15) is 0 Å². The molecule has 0 radical (unpaired) electrons. The van der Waals surface area contributed by atoms with Crippen molar-refractivity contribution in [2.45, 2.75) is 39.5 Å². The molecular weight excluding hydrogens is 148 g/mol. The maximum Gasteiger partial charge on any atom is 0.00767 e. The molecule has 2 heteroatoms. The van der Waals surface area contributed by atoms with Crippen LogP contribution in [0.2, 0.25) is 0 Å². The van der Waals surface area contributed by atoms with Gasteiger partial charge in [0.15, 0.2) is 0 Å². The lowest BCUT2D eigenvalue weighted by Crippen LogP contribution is -2.27. The molecule has 0 aromatic carbocycles. The van der Waals surface area contributed by atoms with Crippen molar-refractivity contribution >= 4 is 0 Å². The summed E-state index contributed by atoms with van der Waals surface area (Å²) in [6.07, 6.45) is 5.43. The number of hydrogen-bond donors (Lipinski definition) is 2. The summed E-state index contributed by atoms with van der Waals surface area (Å²) in [6, 6.07) is 0. The average molecular weight is 172 g/mol. The highest BCUT2D eigenvalue weighted by Crippen LogP contribution is 1.96. The zero-order valence-corrected chi connectivity index (χ0v) is 8.66. The molecule has 0 aliphatic heterocycles. The lowest BCUT2D eigenvalue weighted by molar-refractivity contribution is 0.578. The van der Waals surface area contributed by atoms with Crippen LogP contribution >= 0.6 is 0 Å². The van der Waals surface area contributed by atoms with Gasteiger partial charge in [-0.1, -0.05) is 33.1 Å². The van der Waals surface area contributed by atoms with Crippen molar-refractivity contribution in [1.29, 1.82) is 0 Å². The monoisotopic (exact) mass is 172 g/mol. The normalized spacial score (nSPS) is 10.5. The summed E-state index contributed by atoms with van der Waals surface area (Å²) in [5.74, 6) is 0. The minimum Gasteiger partial charge on any atom is -0.316 e. The molecule has 2 nitrogen and oxygen atoms in total. The summed E-state index contributed by atoms with van der Waals surface area (Å²) in [5, 5.41) is 6.70. The highest BCUT2D eigenvalue weighted by molar-refractivity contribution is 4.50. The first kappa shape index (κ1) is 11.9. The second-order valence-electron chi connectivity index (χ2n) is 3.16. The van der Waals surface area contributed by atoms with Gasteiger partial charge in [-0.25, -0.2) is 0 Å². The van der Waals surface area contributed by atoms with Gasteiger partial charge in [-0.3, -0.25) is 0 Å². The summed E-state index contributed by atoms with van der Waals surface area (Å²) < 4.78 is 0. The lowest BCUT2D eigenvalue weighted by atomic mass is 10.2. The summed E-state index contributed by atoms with van der Waals surface area (Å²) in [7, 11) is 0. The Morgan fingerprint density at radius 3 is 2.17 bits per heavy atom. The number of hydrogen-bond acceptors (Lipinski definition) is 2. The van der Waals surface area contributed by atoms with Crippen molar-refractivity contribution in [1.82, 2.24) is 10.6 Å². The fraction of sp³-hybridized carbons (Fsp3) is 1.00. The van der Waals surface area contributed by atoms with E-state index in [0.717, 1.165) is 19.6 Å². The minimum atomic E-state index is 1.08. The molecule has 0 saturated heterocycles. The van der Waals surface area contributed by atoms with Gasteiger partial charge < -0.3 is 10.6 Å². The molecule has 74 valence electrons. The predicted molar refractivity (Wildman–Crippen MR) is 55.6 cm³/mol. The summed E-state index contributed by atoms with van der Waals surface area (Å²) in [4.78, 5) is 0. The van der Waals surface area contributed by atoms with Crippen LogP contribution in [0.3, 0.4) is 0 Å². The Kier molecular flexibility index (Phi) is 10.8. The molecule has 0 aliphatic rings. The maximum atomic E-state index is 3.42. The van der Waals surface area contributed by atoms with Gasteiger partial charge in [0.25, 0.3) is 0 Å². The third-order valence-electron chi connectivity index (χ3n) is 1.94. The fourth-order valence-corrected chi connectivity index (χ4v) is 1.16. The Morgan fingerprint density at radius 2 is 1.50 bits per heavy atom. The van der Waals surface area contributed by atoms with E-state index in [2.05, 4.69) is 24.5 Å². The van der Waals surface area contributed by atoms with Crippen LogP contribution in [0.4, 0.5) is 0 Å². The molecule has 0 heterocycles. The molecule has 0 rings (SSSR count).